The zero-order valence-corrected chi connectivity index (χ0v) is 11.9. The lowest BCUT2D eigenvalue weighted by Crippen LogP contribution is -2.31. The fraction of sp³-hybridized carbons (Fsp3) is 1.00. The number of fused-ring (bicyclic) bond motifs is 2. The minimum Gasteiger partial charge on any atom is -0.312 e. The molecule has 4 heterocycles. The summed E-state index contributed by atoms with van der Waals surface area (Å²) in [5.74, 6) is 0. The molecule has 0 aromatic rings. The Labute approximate surface area is 111 Å². The molecule has 0 bridgehead atoms. The van der Waals surface area contributed by atoms with Crippen molar-refractivity contribution in [3.8, 4) is 0 Å². The van der Waals surface area contributed by atoms with Crippen LogP contribution in [-0.4, -0.2) is 74.2 Å². The SMILES string of the molecule is CN1CC[C@@H]2NCC[C@@H]21.CN1CC[C@H]2NCC[C@H]21. The minimum absolute atomic E-state index is 0.829. The van der Waals surface area contributed by atoms with Crippen LogP contribution in [0.4, 0.5) is 0 Å². The van der Waals surface area contributed by atoms with Gasteiger partial charge in [-0.2, -0.15) is 0 Å². The standard InChI is InChI=1S/2C7H14N2/c2*1-9-5-3-6-7(9)2-4-8-6/h2*6-8H,2-5H2,1H3/t2*6-,7-/m10/s1. The molecule has 104 valence electrons. The number of hydrogen-bond acceptors (Lipinski definition) is 4. The second-order valence-corrected chi connectivity index (χ2v) is 6.37. The summed E-state index contributed by atoms with van der Waals surface area (Å²) in [5, 5.41) is 7.01. The third-order valence-corrected chi connectivity index (χ3v) is 5.34. The lowest BCUT2D eigenvalue weighted by atomic mass is 10.1. The second-order valence-electron chi connectivity index (χ2n) is 6.37. The van der Waals surface area contributed by atoms with Crippen molar-refractivity contribution in [1.29, 1.82) is 0 Å². The maximum absolute atomic E-state index is 3.51. The molecule has 0 aliphatic carbocycles. The zero-order valence-electron chi connectivity index (χ0n) is 11.9. The van der Waals surface area contributed by atoms with Gasteiger partial charge in [0.1, 0.15) is 0 Å². The predicted molar refractivity (Wildman–Crippen MR) is 74.9 cm³/mol. The van der Waals surface area contributed by atoms with Crippen molar-refractivity contribution in [2.45, 2.75) is 49.9 Å². The fourth-order valence-corrected chi connectivity index (χ4v) is 4.17. The van der Waals surface area contributed by atoms with Crippen molar-refractivity contribution in [1.82, 2.24) is 20.4 Å². The maximum atomic E-state index is 3.51. The zero-order chi connectivity index (χ0) is 12.5. The van der Waals surface area contributed by atoms with Crippen LogP contribution >= 0.6 is 0 Å². The molecule has 4 aliphatic rings. The molecule has 0 amide bonds. The van der Waals surface area contributed by atoms with E-state index in [1.807, 2.05) is 0 Å². The van der Waals surface area contributed by atoms with Gasteiger partial charge in [-0.1, -0.05) is 0 Å². The highest BCUT2D eigenvalue weighted by Crippen LogP contribution is 2.23. The Morgan fingerprint density at radius 2 is 1.17 bits per heavy atom. The molecular formula is C14H28N4. The first kappa shape index (κ1) is 12.9. The van der Waals surface area contributed by atoms with Gasteiger partial charge in [0.2, 0.25) is 0 Å². The van der Waals surface area contributed by atoms with Crippen LogP contribution < -0.4 is 10.6 Å². The molecule has 0 spiro atoms. The summed E-state index contributed by atoms with van der Waals surface area (Å²) in [6, 6.07) is 3.39. The highest BCUT2D eigenvalue weighted by molar-refractivity contribution is 4.95. The molecule has 18 heavy (non-hydrogen) atoms. The lowest BCUT2D eigenvalue weighted by Gasteiger charge is -2.16. The Hall–Kier alpha value is -0.160. The summed E-state index contributed by atoms with van der Waals surface area (Å²) in [7, 11) is 4.47. The quantitative estimate of drug-likeness (QED) is 0.640. The summed E-state index contributed by atoms with van der Waals surface area (Å²) in [6.07, 6.45) is 5.45. The number of hydrogen-bond donors (Lipinski definition) is 2. The Bertz CT molecular complexity index is 255. The highest BCUT2D eigenvalue weighted by atomic mass is 15.2. The molecule has 0 unspecified atom stereocenters. The Balaban J connectivity index is 0.000000111. The Morgan fingerprint density at radius 1 is 0.722 bits per heavy atom. The summed E-state index contributed by atoms with van der Waals surface area (Å²) in [4.78, 5) is 4.95. The van der Waals surface area contributed by atoms with Gasteiger partial charge in [0.25, 0.3) is 0 Å². The number of rotatable bonds is 0. The topological polar surface area (TPSA) is 30.5 Å². The number of nitrogens with zero attached hydrogens (tertiary/aromatic N) is 2. The van der Waals surface area contributed by atoms with Crippen LogP contribution in [0.5, 0.6) is 0 Å². The van der Waals surface area contributed by atoms with Crippen molar-refractivity contribution >= 4 is 0 Å². The average Bonchev–Trinajstić information content (AvgIpc) is 3.06. The highest BCUT2D eigenvalue weighted by Gasteiger charge is 2.35. The summed E-state index contributed by atoms with van der Waals surface area (Å²) < 4.78 is 0. The fourth-order valence-electron chi connectivity index (χ4n) is 4.17. The molecule has 4 fully saturated rings. The van der Waals surface area contributed by atoms with E-state index in [9.17, 15) is 0 Å². The summed E-state index contributed by atoms with van der Waals surface area (Å²) >= 11 is 0. The van der Waals surface area contributed by atoms with E-state index in [1.54, 1.807) is 0 Å². The van der Waals surface area contributed by atoms with Crippen LogP contribution in [0, 0.1) is 0 Å². The van der Waals surface area contributed by atoms with E-state index in [4.69, 9.17) is 0 Å². The van der Waals surface area contributed by atoms with Crippen molar-refractivity contribution in [2.24, 2.45) is 0 Å². The van der Waals surface area contributed by atoms with Gasteiger partial charge in [-0.3, -0.25) is 0 Å². The van der Waals surface area contributed by atoms with E-state index in [1.165, 1.54) is 51.9 Å². The van der Waals surface area contributed by atoms with Gasteiger partial charge in [-0.05, 0) is 66.0 Å². The molecule has 0 aromatic heterocycles. The summed E-state index contributed by atoms with van der Waals surface area (Å²) in [5.41, 5.74) is 0. The number of likely N-dealkylation sites (tertiary alicyclic amines) is 2. The van der Waals surface area contributed by atoms with Crippen LogP contribution in [0.1, 0.15) is 25.7 Å². The molecule has 4 aliphatic heterocycles. The van der Waals surface area contributed by atoms with E-state index < -0.39 is 0 Å². The molecule has 4 atom stereocenters. The molecule has 4 nitrogen and oxygen atoms in total. The van der Waals surface area contributed by atoms with E-state index in [-0.39, 0.29) is 0 Å². The predicted octanol–water partition coefficient (Wildman–Crippen LogP) is 0.105. The minimum atomic E-state index is 0.829. The molecule has 0 saturated carbocycles. The Kier molecular flexibility index (Phi) is 3.89. The third-order valence-electron chi connectivity index (χ3n) is 5.34. The van der Waals surface area contributed by atoms with Crippen LogP contribution in [0.3, 0.4) is 0 Å². The van der Waals surface area contributed by atoms with E-state index in [2.05, 4.69) is 34.5 Å². The van der Waals surface area contributed by atoms with E-state index in [0.29, 0.717) is 0 Å². The first-order valence-electron chi connectivity index (χ1n) is 7.63. The van der Waals surface area contributed by atoms with Crippen LogP contribution in [0.25, 0.3) is 0 Å². The maximum Gasteiger partial charge on any atom is 0.0258 e. The van der Waals surface area contributed by atoms with Gasteiger partial charge < -0.3 is 20.4 Å². The number of likely N-dealkylation sites (N-methyl/N-ethyl adjacent to an activating group) is 2. The van der Waals surface area contributed by atoms with E-state index in [0.717, 1.165) is 24.2 Å². The van der Waals surface area contributed by atoms with Crippen LogP contribution in [-0.2, 0) is 0 Å². The van der Waals surface area contributed by atoms with Crippen molar-refractivity contribution in [2.75, 3.05) is 40.3 Å². The van der Waals surface area contributed by atoms with Crippen LogP contribution in [0.2, 0.25) is 0 Å². The third kappa shape index (κ3) is 2.44. The molecule has 4 saturated heterocycles. The average molecular weight is 252 g/mol. The largest absolute Gasteiger partial charge is 0.312 e. The summed E-state index contributed by atoms with van der Waals surface area (Å²) in [6.45, 7) is 5.06. The van der Waals surface area contributed by atoms with Gasteiger partial charge in [0.05, 0.1) is 0 Å². The van der Waals surface area contributed by atoms with Crippen molar-refractivity contribution in [3.05, 3.63) is 0 Å². The van der Waals surface area contributed by atoms with Crippen molar-refractivity contribution in [3.63, 3.8) is 0 Å². The molecular weight excluding hydrogens is 224 g/mol. The van der Waals surface area contributed by atoms with Gasteiger partial charge in [-0.15, -0.1) is 0 Å². The first-order valence-corrected chi connectivity index (χ1v) is 7.63. The monoisotopic (exact) mass is 252 g/mol. The molecule has 2 N–H and O–H groups in total. The van der Waals surface area contributed by atoms with Gasteiger partial charge >= 0.3 is 0 Å². The second kappa shape index (κ2) is 5.45. The molecule has 0 radical (unpaired) electrons. The van der Waals surface area contributed by atoms with Gasteiger partial charge in [0, 0.05) is 24.2 Å². The smallest absolute Gasteiger partial charge is 0.0258 e. The van der Waals surface area contributed by atoms with Crippen molar-refractivity contribution < 1.29 is 0 Å². The van der Waals surface area contributed by atoms with Gasteiger partial charge in [0.15, 0.2) is 0 Å². The normalized spacial score (nSPS) is 43.7. The van der Waals surface area contributed by atoms with Gasteiger partial charge in [-0.25, -0.2) is 0 Å². The number of nitrogens with one attached hydrogen (secondary N) is 2. The molecule has 0 aromatic carbocycles. The lowest BCUT2D eigenvalue weighted by molar-refractivity contribution is 0.310. The Morgan fingerprint density at radius 3 is 1.56 bits per heavy atom. The molecule has 4 rings (SSSR count). The first-order chi connectivity index (χ1) is 8.75. The van der Waals surface area contributed by atoms with E-state index >= 15 is 0 Å². The molecule has 4 heteroatoms. The van der Waals surface area contributed by atoms with Crippen LogP contribution in [0.15, 0.2) is 0 Å².